The Morgan fingerprint density at radius 3 is 2.41 bits per heavy atom. The van der Waals surface area contributed by atoms with Gasteiger partial charge in [-0.15, -0.1) is 0 Å². The van der Waals surface area contributed by atoms with Gasteiger partial charge in [-0.3, -0.25) is 0 Å². The van der Waals surface area contributed by atoms with Gasteiger partial charge >= 0.3 is 0 Å². The molecule has 5 heteroatoms. The molecule has 2 N–H and O–H groups in total. The highest BCUT2D eigenvalue weighted by molar-refractivity contribution is 6.30. The predicted octanol–water partition coefficient (Wildman–Crippen LogP) is 2.88. The molecule has 0 saturated heterocycles. The first-order valence-corrected chi connectivity index (χ1v) is 7.57. The number of aliphatic hydroxyl groups is 1. The van der Waals surface area contributed by atoms with Gasteiger partial charge in [-0.25, -0.2) is 0 Å². The van der Waals surface area contributed by atoms with Gasteiger partial charge < -0.3 is 19.9 Å². The lowest BCUT2D eigenvalue weighted by Gasteiger charge is -2.10. The Morgan fingerprint density at radius 2 is 1.68 bits per heavy atom. The van der Waals surface area contributed by atoms with Gasteiger partial charge in [-0.1, -0.05) is 23.7 Å². The van der Waals surface area contributed by atoms with E-state index in [-0.39, 0.29) is 6.61 Å². The summed E-state index contributed by atoms with van der Waals surface area (Å²) in [6, 6.07) is 15.1. The summed E-state index contributed by atoms with van der Waals surface area (Å²) in [5, 5.41) is 12.6. The highest BCUT2D eigenvalue weighted by atomic mass is 35.5. The summed E-state index contributed by atoms with van der Waals surface area (Å²) in [5.74, 6) is 1.58. The molecule has 0 radical (unpaired) electrons. The van der Waals surface area contributed by atoms with Gasteiger partial charge in [0.1, 0.15) is 24.7 Å². The first-order valence-electron chi connectivity index (χ1n) is 7.19. The summed E-state index contributed by atoms with van der Waals surface area (Å²) in [5.41, 5.74) is 1.12. The van der Waals surface area contributed by atoms with Crippen molar-refractivity contribution in [3.63, 3.8) is 0 Å². The third-order valence-electron chi connectivity index (χ3n) is 2.95. The first-order chi connectivity index (χ1) is 10.8. The molecule has 2 aromatic carbocycles. The molecule has 2 aromatic rings. The Balaban J connectivity index is 1.72. The summed E-state index contributed by atoms with van der Waals surface area (Å²) in [6.45, 7) is 2.36. The Bertz CT molecular complexity index is 560. The Labute approximate surface area is 135 Å². The molecule has 0 fully saturated rings. The maximum absolute atomic E-state index is 8.74. The molecule has 0 heterocycles. The Kier molecular flexibility index (Phi) is 7.03. The van der Waals surface area contributed by atoms with Gasteiger partial charge in [-0.2, -0.15) is 0 Å². The number of halogens is 1. The maximum Gasteiger partial charge on any atom is 0.122 e. The van der Waals surface area contributed by atoms with Crippen molar-refractivity contribution < 1.29 is 14.6 Å². The summed E-state index contributed by atoms with van der Waals surface area (Å²) in [4.78, 5) is 0. The molecule has 0 atom stereocenters. The van der Waals surface area contributed by atoms with Crippen molar-refractivity contribution in [2.75, 3.05) is 26.4 Å². The van der Waals surface area contributed by atoms with Crippen LogP contribution in [-0.2, 0) is 6.54 Å². The average Bonchev–Trinajstić information content (AvgIpc) is 2.54. The van der Waals surface area contributed by atoms with Crippen molar-refractivity contribution in [2.24, 2.45) is 0 Å². The fourth-order valence-corrected chi connectivity index (χ4v) is 2.03. The zero-order valence-corrected chi connectivity index (χ0v) is 13.1. The summed E-state index contributed by atoms with van der Waals surface area (Å²) in [6.07, 6.45) is 0. The molecule has 22 heavy (non-hydrogen) atoms. The van der Waals surface area contributed by atoms with Crippen LogP contribution in [0.2, 0.25) is 5.02 Å². The van der Waals surface area contributed by atoms with E-state index in [1.807, 2.05) is 36.4 Å². The largest absolute Gasteiger partial charge is 0.490 e. The zero-order valence-electron chi connectivity index (χ0n) is 12.3. The highest BCUT2D eigenvalue weighted by Gasteiger charge is 1.98. The lowest BCUT2D eigenvalue weighted by Crippen LogP contribution is -2.17. The standard InChI is InChI=1S/C17H20ClNO3/c18-15-4-6-16(7-5-15)21-10-11-22-17-3-1-2-14(12-17)13-19-8-9-20/h1-7,12,19-20H,8-11,13H2. The maximum atomic E-state index is 8.74. The van der Waals surface area contributed by atoms with E-state index in [0.29, 0.717) is 31.3 Å². The fourth-order valence-electron chi connectivity index (χ4n) is 1.91. The topological polar surface area (TPSA) is 50.7 Å². The molecule has 0 aliphatic heterocycles. The average molecular weight is 322 g/mol. The molecular formula is C17H20ClNO3. The summed E-state index contributed by atoms with van der Waals surface area (Å²) < 4.78 is 11.2. The third kappa shape index (κ3) is 5.93. The van der Waals surface area contributed by atoms with Gasteiger partial charge in [-0.05, 0) is 42.0 Å². The molecule has 0 aliphatic rings. The van der Waals surface area contributed by atoms with Crippen molar-refractivity contribution in [1.29, 1.82) is 0 Å². The van der Waals surface area contributed by atoms with Crippen LogP contribution in [0.15, 0.2) is 48.5 Å². The van der Waals surface area contributed by atoms with Gasteiger partial charge in [0.05, 0.1) is 6.61 Å². The van der Waals surface area contributed by atoms with E-state index < -0.39 is 0 Å². The summed E-state index contributed by atoms with van der Waals surface area (Å²) >= 11 is 5.81. The quantitative estimate of drug-likeness (QED) is 0.697. The summed E-state index contributed by atoms with van der Waals surface area (Å²) in [7, 11) is 0. The Morgan fingerprint density at radius 1 is 0.955 bits per heavy atom. The van der Waals surface area contributed by atoms with E-state index in [1.165, 1.54) is 0 Å². The van der Waals surface area contributed by atoms with Crippen LogP contribution in [-0.4, -0.2) is 31.5 Å². The molecule has 0 unspecified atom stereocenters. The van der Waals surface area contributed by atoms with E-state index in [9.17, 15) is 0 Å². The van der Waals surface area contributed by atoms with E-state index in [4.69, 9.17) is 26.2 Å². The van der Waals surface area contributed by atoms with Crippen molar-refractivity contribution in [3.8, 4) is 11.5 Å². The number of hydrogen-bond donors (Lipinski definition) is 2. The Hall–Kier alpha value is -1.75. The molecule has 0 bridgehead atoms. The van der Waals surface area contributed by atoms with Crippen LogP contribution in [0.5, 0.6) is 11.5 Å². The first kappa shape index (κ1) is 16.6. The monoisotopic (exact) mass is 321 g/mol. The predicted molar refractivity (Wildman–Crippen MR) is 87.7 cm³/mol. The molecule has 0 amide bonds. The van der Waals surface area contributed by atoms with Gasteiger partial charge in [0.15, 0.2) is 0 Å². The van der Waals surface area contributed by atoms with Gasteiger partial charge in [0.2, 0.25) is 0 Å². The normalized spacial score (nSPS) is 10.5. The van der Waals surface area contributed by atoms with Gasteiger partial charge in [0.25, 0.3) is 0 Å². The van der Waals surface area contributed by atoms with Gasteiger partial charge in [0, 0.05) is 18.1 Å². The molecule has 0 aromatic heterocycles. The second kappa shape index (κ2) is 9.30. The van der Waals surface area contributed by atoms with Crippen LogP contribution in [0.25, 0.3) is 0 Å². The number of ether oxygens (including phenoxy) is 2. The highest BCUT2D eigenvalue weighted by Crippen LogP contribution is 2.16. The van der Waals surface area contributed by atoms with Crippen molar-refractivity contribution in [1.82, 2.24) is 5.32 Å². The number of rotatable bonds is 9. The van der Waals surface area contributed by atoms with E-state index in [2.05, 4.69) is 5.32 Å². The molecule has 118 valence electrons. The van der Waals surface area contributed by atoms with E-state index >= 15 is 0 Å². The molecule has 0 spiro atoms. The second-order valence-electron chi connectivity index (χ2n) is 4.70. The molecule has 4 nitrogen and oxygen atoms in total. The number of hydrogen-bond acceptors (Lipinski definition) is 4. The van der Waals surface area contributed by atoms with Crippen LogP contribution < -0.4 is 14.8 Å². The number of nitrogens with one attached hydrogen (secondary N) is 1. The second-order valence-corrected chi connectivity index (χ2v) is 5.14. The third-order valence-corrected chi connectivity index (χ3v) is 3.20. The fraction of sp³-hybridized carbons (Fsp3) is 0.294. The molecular weight excluding hydrogens is 302 g/mol. The minimum atomic E-state index is 0.137. The van der Waals surface area contributed by atoms with Crippen LogP contribution >= 0.6 is 11.6 Å². The van der Waals surface area contributed by atoms with Crippen LogP contribution in [0.4, 0.5) is 0 Å². The van der Waals surface area contributed by atoms with Crippen LogP contribution in [0.1, 0.15) is 5.56 Å². The zero-order chi connectivity index (χ0) is 15.6. The number of benzene rings is 2. The molecule has 0 saturated carbocycles. The minimum Gasteiger partial charge on any atom is -0.490 e. The lowest BCUT2D eigenvalue weighted by molar-refractivity contribution is 0.217. The lowest BCUT2D eigenvalue weighted by atomic mass is 10.2. The van der Waals surface area contributed by atoms with Crippen molar-refractivity contribution in [3.05, 3.63) is 59.1 Å². The molecule has 2 rings (SSSR count). The minimum absolute atomic E-state index is 0.137. The molecule has 0 aliphatic carbocycles. The smallest absolute Gasteiger partial charge is 0.122 e. The van der Waals surface area contributed by atoms with Crippen molar-refractivity contribution in [2.45, 2.75) is 6.54 Å². The van der Waals surface area contributed by atoms with Crippen LogP contribution in [0.3, 0.4) is 0 Å². The SMILES string of the molecule is OCCNCc1cccc(OCCOc2ccc(Cl)cc2)c1. The number of aliphatic hydroxyl groups excluding tert-OH is 1. The van der Waals surface area contributed by atoms with E-state index in [1.54, 1.807) is 12.1 Å². The van der Waals surface area contributed by atoms with E-state index in [0.717, 1.165) is 17.1 Å². The van der Waals surface area contributed by atoms with Crippen LogP contribution in [0, 0.1) is 0 Å². The van der Waals surface area contributed by atoms with Crippen molar-refractivity contribution >= 4 is 11.6 Å².